The summed E-state index contributed by atoms with van der Waals surface area (Å²) in [5.74, 6) is 0.0484. The van der Waals surface area contributed by atoms with Gasteiger partial charge in [-0.3, -0.25) is 9.36 Å². The van der Waals surface area contributed by atoms with E-state index in [2.05, 4.69) is 4.98 Å². The van der Waals surface area contributed by atoms with E-state index in [4.69, 9.17) is 11.6 Å². The molecule has 1 saturated heterocycles. The summed E-state index contributed by atoms with van der Waals surface area (Å²) in [4.78, 5) is 30.3. The second-order valence-corrected chi connectivity index (χ2v) is 7.98. The molecule has 0 spiro atoms. The highest BCUT2D eigenvalue weighted by molar-refractivity contribution is 6.31. The van der Waals surface area contributed by atoms with Gasteiger partial charge in [0.25, 0.3) is 5.91 Å². The van der Waals surface area contributed by atoms with Crippen LogP contribution in [0.1, 0.15) is 29.2 Å². The quantitative estimate of drug-likeness (QED) is 0.529. The van der Waals surface area contributed by atoms with Crippen LogP contribution in [0.25, 0.3) is 21.8 Å². The van der Waals surface area contributed by atoms with Gasteiger partial charge >= 0.3 is 5.69 Å². The Labute approximate surface area is 172 Å². The van der Waals surface area contributed by atoms with Crippen molar-refractivity contribution in [3.8, 4) is 0 Å². The summed E-state index contributed by atoms with van der Waals surface area (Å²) < 4.78 is 1.81. The molecule has 0 aliphatic carbocycles. The molecule has 0 bridgehead atoms. The van der Waals surface area contributed by atoms with Crippen LogP contribution in [0.15, 0.2) is 65.5 Å². The molecule has 1 aliphatic heterocycles. The zero-order valence-electron chi connectivity index (χ0n) is 15.8. The number of nitrogens with zero attached hydrogens (tertiary/aromatic N) is 2. The van der Waals surface area contributed by atoms with Gasteiger partial charge in [-0.05, 0) is 53.9 Å². The molecule has 1 fully saturated rings. The zero-order valence-corrected chi connectivity index (χ0v) is 16.5. The smallest absolute Gasteiger partial charge is 0.326 e. The van der Waals surface area contributed by atoms with Gasteiger partial charge in [0.15, 0.2) is 0 Å². The molecule has 1 N–H and O–H groups in total. The second-order valence-electron chi connectivity index (χ2n) is 7.55. The third kappa shape index (κ3) is 3.21. The number of benzene rings is 3. The molecule has 2 heterocycles. The van der Waals surface area contributed by atoms with Crippen LogP contribution >= 0.6 is 11.6 Å². The lowest BCUT2D eigenvalue weighted by molar-refractivity contribution is 0.0695. The van der Waals surface area contributed by atoms with Gasteiger partial charge in [-0.25, -0.2) is 4.79 Å². The van der Waals surface area contributed by atoms with Gasteiger partial charge in [0, 0.05) is 29.7 Å². The second kappa shape index (κ2) is 7.08. The summed E-state index contributed by atoms with van der Waals surface area (Å²) in [6, 6.07) is 19.4. The van der Waals surface area contributed by atoms with E-state index in [9.17, 15) is 9.59 Å². The Morgan fingerprint density at radius 3 is 2.52 bits per heavy atom. The van der Waals surface area contributed by atoms with Crippen LogP contribution < -0.4 is 5.69 Å². The largest absolute Gasteiger partial charge is 0.338 e. The lowest BCUT2D eigenvalue weighted by atomic mass is 10.0. The SMILES string of the molecule is O=C(c1ccc2ccccc2c1)N1CCC(n2c(=O)[nH]c3cc(Cl)ccc32)CC1. The van der Waals surface area contributed by atoms with Crippen LogP contribution in [0.3, 0.4) is 0 Å². The molecule has 6 heteroatoms. The molecule has 0 atom stereocenters. The molecular formula is C23H20ClN3O2. The molecule has 1 aliphatic rings. The molecular weight excluding hydrogens is 386 g/mol. The van der Waals surface area contributed by atoms with E-state index in [-0.39, 0.29) is 17.6 Å². The number of carbonyl (C=O) groups excluding carboxylic acids is 1. The van der Waals surface area contributed by atoms with Crippen molar-refractivity contribution >= 4 is 39.3 Å². The molecule has 29 heavy (non-hydrogen) atoms. The first-order valence-electron chi connectivity index (χ1n) is 9.78. The zero-order chi connectivity index (χ0) is 20.0. The predicted octanol–water partition coefficient (Wildman–Crippen LogP) is 4.61. The van der Waals surface area contributed by atoms with E-state index in [0.29, 0.717) is 23.7 Å². The summed E-state index contributed by atoms with van der Waals surface area (Å²) in [5, 5.41) is 2.79. The van der Waals surface area contributed by atoms with Crippen molar-refractivity contribution in [1.82, 2.24) is 14.5 Å². The third-order valence-electron chi connectivity index (χ3n) is 5.79. The number of aromatic nitrogens is 2. The first kappa shape index (κ1) is 18.0. The first-order valence-corrected chi connectivity index (χ1v) is 10.2. The van der Waals surface area contributed by atoms with Gasteiger partial charge < -0.3 is 9.88 Å². The molecule has 0 unspecified atom stereocenters. The molecule has 5 rings (SSSR count). The molecule has 1 aromatic heterocycles. The molecule has 0 radical (unpaired) electrons. The number of hydrogen-bond donors (Lipinski definition) is 1. The lowest BCUT2D eigenvalue weighted by Crippen LogP contribution is -2.40. The van der Waals surface area contributed by atoms with Gasteiger partial charge in [-0.15, -0.1) is 0 Å². The van der Waals surface area contributed by atoms with E-state index in [1.165, 1.54) is 0 Å². The van der Waals surface area contributed by atoms with Crippen molar-refractivity contribution in [2.24, 2.45) is 0 Å². The van der Waals surface area contributed by atoms with Crippen molar-refractivity contribution < 1.29 is 4.79 Å². The van der Waals surface area contributed by atoms with Crippen LogP contribution in [-0.2, 0) is 0 Å². The number of fused-ring (bicyclic) bond motifs is 2. The van der Waals surface area contributed by atoms with Gasteiger partial charge in [-0.2, -0.15) is 0 Å². The summed E-state index contributed by atoms with van der Waals surface area (Å²) >= 11 is 6.04. The lowest BCUT2D eigenvalue weighted by Gasteiger charge is -2.32. The Hall–Kier alpha value is -3.05. The highest BCUT2D eigenvalue weighted by Crippen LogP contribution is 2.27. The topological polar surface area (TPSA) is 58.1 Å². The maximum Gasteiger partial charge on any atom is 0.326 e. The number of piperidine rings is 1. The van der Waals surface area contributed by atoms with E-state index in [1.807, 2.05) is 58.0 Å². The number of hydrogen-bond acceptors (Lipinski definition) is 2. The Morgan fingerprint density at radius 1 is 0.966 bits per heavy atom. The van der Waals surface area contributed by atoms with Crippen molar-refractivity contribution in [3.05, 3.63) is 81.7 Å². The maximum atomic E-state index is 13.0. The average molecular weight is 406 g/mol. The fourth-order valence-electron chi connectivity index (χ4n) is 4.30. The number of nitrogens with one attached hydrogen (secondary N) is 1. The number of imidazole rings is 1. The summed E-state index contributed by atoms with van der Waals surface area (Å²) in [5.41, 5.74) is 2.19. The average Bonchev–Trinajstić information content (AvgIpc) is 3.07. The van der Waals surface area contributed by atoms with Crippen molar-refractivity contribution in [3.63, 3.8) is 0 Å². The number of carbonyl (C=O) groups is 1. The predicted molar refractivity (Wildman–Crippen MR) is 116 cm³/mol. The van der Waals surface area contributed by atoms with E-state index < -0.39 is 0 Å². The van der Waals surface area contributed by atoms with E-state index >= 15 is 0 Å². The molecule has 3 aromatic carbocycles. The van der Waals surface area contributed by atoms with Crippen molar-refractivity contribution in [2.45, 2.75) is 18.9 Å². The highest BCUT2D eigenvalue weighted by Gasteiger charge is 2.26. The number of H-pyrrole nitrogens is 1. The van der Waals surface area contributed by atoms with E-state index in [1.54, 1.807) is 12.1 Å². The molecule has 1 amide bonds. The van der Waals surface area contributed by atoms with Crippen LogP contribution in [0, 0.1) is 0 Å². The van der Waals surface area contributed by atoms with Crippen LogP contribution in [0.2, 0.25) is 5.02 Å². The van der Waals surface area contributed by atoms with Crippen LogP contribution in [0.5, 0.6) is 0 Å². The summed E-state index contributed by atoms with van der Waals surface area (Å²) in [7, 11) is 0. The number of likely N-dealkylation sites (tertiary alicyclic amines) is 1. The van der Waals surface area contributed by atoms with Gasteiger partial charge in [0.05, 0.1) is 11.0 Å². The Kier molecular flexibility index (Phi) is 4.40. The Morgan fingerprint density at radius 2 is 1.72 bits per heavy atom. The minimum atomic E-state index is -0.124. The third-order valence-corrected chi connectivity index (χ3v) is 6.03. The Bertz CT molecular complexity index is 1280. The fourth-order valence-corrected chi connectivity index (χ4v) is 4.47. The maximum absolute atomic E-state index is 13.0. The summed E-state index contributed by atoms with van der Waals surface area (Å²) in [6.45, 7) is 1.26. The molecule has 4 aromatic rings. The number of halogens is 1. The van der Waals surface area contributed by atoms with Crippen LogP contribution in [0.4, 0.5) is 0 Å². The van der Waals surface area contributed by atoms with Gasteiger partial charge in [0.2, 0.25) is 0 Å². The monoisotopic (exact) mass is 405 g/mol. The normalized spacial score (nSPS) is 15.3. The molecule has 0 saturated carbocycles. The van der Waals surface area contributed by atoms with Gasteiger partial charge in [-0.1, -0.05) is 41.9 Å². The van der Waals surface area contributed by atoms with Crippen molar-refractivity contribution in [1.29, 1.82) is 0 Å². The first-order chi connectivity index (χ1) is 14.1. The highest BCUT2D eigenvalue weighted by atomic mass is 35.5. The minimum Gasteiger partial charge on any atom is -0.338 e. The number of rotatable bonds is 2. The molecule has 146 valence electrons. The minimum absolute atomic E-state index is 0.0484. The van der Waals surface area contributed by atoms with Gasteiger partial charge in [0.1, 0.15) is 0 Å². The van der Waals surface area contributed by atoms with Crippen molar-refractivity contribution in [2.75, 3.05) is 13.1 Å². The fraction of sp³-hybridized carbons (Fsp3) is 0.217. The van der Waals surface area contributed by atoms with E-state index in [0.717, 1.165) is 34.6 Å². The Balaban J connectivity index is 1.35. The summed E-state index contributed by atoms with van der Waals surface area (Å²) in [6.07, 6.45) is 1.49. The van der Waals surface area contributed by atoms with Crippen LogP contribution in [-0.4, -0.2) is 33.4 Å². The number of amides is 1. The standard InChI is InChI=1S/C23H20ClN3O2/c24-18-7-8-21-20(14-18)25-23(29)27(21)19-9-11-26(12-10-19)22(28)17-6-5-15-3-1-2-4-16(15)13-17/h1-8,13-14,19H,9-12H2,(H,25,29). The molecule has 5 nitrogen and oxygen atoms in total. The number of aromatic amines is 1.